The Bertz CT molecular complexity index is 715. The molecule has 2 rings (SSSR count). The molecule has 33 heavy (non-hydrogen) atoms. The second-order valence-corrected chi connectivity index (χ2v) is 14.7. The molecule has 2 aliphatic heterocycles. The molecule has 0 aromatic carbocycles. The molecule has 2 heterocycles. The fourth-order valence-corrected chi connectivity index (χ4v) is 8.09. The summed E-state index contributed by atoms with van der Waals surface area (Å²) in [5, 5.41) is 20.0. The van der Waals surface area contributed by atoms with Gasteiger partial charge in [0.2, 0.25) is 0 Å². The third kappa shape index (κ3) is 9.04. The third-order valence-corrected chi connectivity index (χ3v) is 11.1. The first-order valence-electron chi connectivity index (χ1n) is 12.6. The van der Waals surface area contributed by atoms with Gasteiger partial charge in [-0.1, -0.05) is 37.8 Å². The van der Waals surface area contributed by atoms with E-state index in [0.29, 0.717) is 16.9 Å². The van der Waals surface area contributed by atoms with E-state index in [1.54, 1.807) is 27.7 Å². The zero-order valence-corrected chi connectivity index (χ0v) is 22.5. The molecule has 2 saturated heterocycles. The highest BCUT2D eigenvalue weighted by atomic mass is 32.2. The van der Waals surface area contributed by atoms with Crippen LogP contribution in [-0.4, -0.2) is 47.4 Å². The van der Waals surface area contributed by atoms with Gasteiger partial charge in [-0.25, -0.2) is 0 Å². The summed E-state index contributed by atoms with van der Waals surface area (Å²) in [6, 6.07) is 0. The summed E-state index contributed by atoms with van der Waals surface area (Å²) < 4.78 is 12.9. The second-order valence-electron chi connectivity index (χ2n) is 11.2. The molecule has 2 aliphatic rings. The van der Waals surface area contributed by atoms with Crippen LogP contribution in [0.15, 0.2) is 12.2 Å². The maximum atomic E-state index is 12.9. The summed E-state index contributed by atoms with van der Waals surface area (Å²) in [5.74, 6) is -1.46. The molecule has 5 nitrogen and oxygen atoms in total. The normalized spacial score (nSPS) is 28.5. The lowest BCUT2D eigenvalue weighted by molar-refractivity contribution is -0.148. The molecule has 2 fully saturated rings. The van der Waals surface area contributed by atoms with E-state index >= 15 is 0 Å². The lowest BCUT2D eigenvalue weighted by atomic mass is 9.87. The van der Waals surface area contributed by atoms with E-state index in [9.17, 15) is 24.0 Å². The van der Waals surface area contributed by atoms with E-state index in [2.05, 4.69) is 12.2 Å². The second kappa shape index (κ2) is 12.8. The predicted octanol–water partition coefficient (Wildman–Crippen LogP) is 6.43. The smallest absolute Gasteiger partial charge is 0.309 e. The fourth-order valence-electron chi connectivity index (χ4n) is 4.69. The number of carboxylic acid groups (broad SMARTS) is 2. The number of carbonyl (C=O) groups is 2. The minimum Gasteiger partial charge on any atom is -0.481 e. The van der Waals surface area contributed by atoms with Gasteiger partial charge in [-0.15, -0.1) is 0 Å². The molecule has 0 aromatic rings. The molecule has 0 amide bonds. The van der Waals surface area contributed by atoms with Crippen molar-refractivity contribution in [3.63, 3.8) is 0 Å². The number of rotatable bonds is 14. The third-order valence-electron chi connectivity index (χ3n) is 7.39. The quantitative estimate of drug-likeness (QED) is 0.211. The van der Waals surface area contributed by atoms with Gasteiger partial charge in [-0.2, -0.15) is 11.8 Å². The standard InChI is InChI=1S/C26H44O5S2/c1-25(2,23(27)28)17-7-5-9-19-11-12-20(32-19)13-14-22-16-15-21(33(22)31)10-6-8-18-26(3,4)24(29)30/h13-14,19-22H,5-12,15-18H2,1-4H3,(H,27,28)(H,29,30)/b14-13-. The van der Waals surface area contributed by atoms with Crippen molar-refractivity contribution in [1.29, 1.82) is 0 Å². The summed E-state index contributed by atoms with van der Waals surface area (Å²) in [4.78, 5) is 22.4. The van der Waals surface area contributed by atoms with Gasteiger partial charge in [0.05, 0.1) is 16.1 Å². The Kier molecular flexibility index (Phi) is 11.0. The first-order valence-corrected chi connectivity index (χ1v) is 14.8. The summed E-state index contributed by atoms with van der Waals surface area (Å²) >= 11 is 2.03. The van der Waals surface area contributed by atoms with E-state index in [1.807, 2.05) is 11.8 Å². The maximum Gasteiger partial charge on any atom is 0.309 e. The van der Waals surface area contributed by atoms with Crippen LogP contribution in [-0.2, 0) is 20.4 Å². The minimum atomic E-state index is -0.820. The minimum absolute atomic E-state index is 0.170. The average Bonchev–Trinajstić information content (AvgIpc) is 3.33. The van der Waals surface area contributed by atoms with Crippen molar-refractivity contribution in [2.24, 2.45) is 10.8 Å². The van der Waals surface area contributed by atoms with Crippen molar-refractivity contribution < 1.29 is 24.0 Å². The zero-order valence-electron chi connectivity index (χ0n) is 20.9. The van der Waals surface area contributed by atoms with Crippen LogP contribution in [0, 0.1) is 10.8 Å². The van der Waals surface area contributed by atoms with Crippen LogP contribution in [0.4, 0.5) is 0 Å². The molecule has 190 valence electrons. The molecule has 0 aromatic heterocycles. The summed E-state index contributed by atoms with van der Waals surface area (Å²) in [5.41, 5.74) is -1.30. The van der Waals surface area contributed by atoms with Gasteiger partial charge in [-0.3, -0.25) is 13.8 Å². The number of hydrogen-bond acceptors (Lipinski definition) is 4. The van der Waals surface area contributed by atoms with Crippen molar-refractivity contribution >= 4 is 34.5 Å². The van der Waals surface area contributed by atoms with Crippen molar-refractivity contribution in [2.75, 3.05) is 0 Å². The predicted molar refractivity (Wildman–Crippen MR) is 138 cm³/mol. The topological polar surface area (TPSA) is 91.7 Å². The summed E-state index contributed by atoms with van der Waals surface area (Å²) in [7, 11) is -0.820. The molecule has 2 N–H and O–H groups in total. The van der Waals surface area contributed by atoms with Crippen LogP contribution in [0.25, 0.3) is 0 Å². The van der Waals surface area contributed by atoms with Gasteiger partial charge in [0.15, 0.2) is 0 Å². The van der Waals surface area contributed by atoms with Gasteiger partial charge >= 0.3 is 11.9 Å². The summed E-state index contributed by atoms with van der Waals surface area (Å²) in [6.45, 7) is 7.15. The van der Waals surface area contributed by atoms with Crippen molar-refractivity contribution in [3.05, 3.63) is 12.2 Å². The largest absolute Gasteiger partial charge is 0.481 e. The van der Waals surface area contributed by atoms with E-state index in [4.69, 9.17) is 0 Å². The Hall–Kier alpha value is -0.820. The van der Waals surface area contributed by atoms with Crippen LogP contribution in [0.5, 0.6) is 0 Å². The molecule has 5 atom stereocenters. The van der Waals surface area contributed by atoms with E-state index in [1.165, 1.54) is 12.8 Å². The first-order chi connectivity index (χ1) is 15.4. The number of thioether (sulfide) groups is 1. The molecule has 5 unspecified atom stereocenters. The van der Waals surface area contributed by atoms with E-state index in [0.717, 1.165) is 57.8 Å². The Morgan fingerprint density at radius 2 is 1.42 bits per heavy atom. The Morgan fingerprint density at radius 3 is 2.00 bits per heavy atom. The van der Waals surface area contributed by atoms with Gasteiger partial charge in [0, 0.05) is 26.5 Å². The number of unbranched alkanes of at least 4 members (excludes halogenated alkanes) is 2. The molecule has 0 aliphatic carbocycles. The number of carboxylic acids is 2. The highest BCUT2D eigenvalue weighted by molar-refractivity contribution is 8.00. The van der Waals surface area contributed by atoms with Crippen LogP contribution in [0.1, 0.15) is 105 Å². The van der Waals surface area contributed by atoms with Gasteiger partial charge in [0.25, 0.3) is 0 Å². The summed E-state index contributed by atoms with van der Waals surface area (Å²) in [6.07, 6.45) is 16.3. The highest BCUT2D eigenvalue weighted by Crippen LogP contribution is 2.38. The van der Waals surface area contributed by atoms with Crippen LogP contribution in [0.2, 0.25) is 0 Å². The molecular formula is C26H44O5S2. The molecule has 7 heteroatoms. The molecule has 0 saturated carbocycles. The average molecular weight is 501 g/mol. The monoisotopic (exact) mass is 500 g/mol. The SMILES string of the molecule is CC(C)(CCCCC1CCC(/C=C\C2CCC(CCCCC(C)(C)C(=O)O)S2=O)S1)C(=O)O. The lowest BCUT2D eigenvalue weighted by Crippen LogP contribution is -2.23. The lowest BCUT2D eigenvalue weighted by Gasteiger charge is -2.19. The van der Waals surface area contributed by atoms with Gasteiger partial charge in [-0.05, 0) is 79.1 Å². The Labute approximate surface area is 207 Å². The number of aliphatic carboxylic acids is 2. The molecular weight excluding hydrogens is 456 g/mol. The van der Waals surface area contributed by atoms with E-state index in [-0.39, 0.29) is 10.5 Å². The molecule has 0 bridgehead atoms. The molecule has 0 spiro atoms. The highest BCUT2D eigenvalue weighted by Gasteiger charge is 2.32. The number of hydrogen-bond donors (Lipinski definition) is 2. The fraction of sp³-hybridized carbons (Fsp3) is 0.846. The maximum absolute atomic E-state index is 12.9. The molecule has 0 radical (unpaired) electrons. The van der Waals surface area contributed by atoms with Gasteiger partial charge in [0.1, 0.15) is 0 Å². The Balaban J connectivity index is 1.64. The van der Waals surface area contributed by atoms with Crippen LogP contribution < -0.4 is 0 Å². The Morgan fingerprint density at radius 1 is 0.848 bits per heavy atom. The van der Waals surface area contributed by atoms with Crippen LogP contribution >= 0.6 is 11.8 Å². The van der Waals surface area contributed by atoms with E-state index < -0.39 is 33.6 Å². The zero-order chi connectivity index (χ0) is 24.6. The first kappa shape index (κ1) is 28.4. The van der Waals surface area contributed by atoms with Gasteiger partial charge < -0.3 is 10.2 Å². The van der Waals surface area contributed by atoms with Crippen molar-refractivity contribution in [1.82, 2.24) is 0 Å². The van der Waals surface area contributed by atoms with Crippen molar-refractivity contribution in [2.45, 2.75) is 126 Å². The van der Waals surface area contributed by atoms with Crippen molar-refractivity contribution in [3.8, 4) is 0 Å². The van der Waals surface area contributed by atoms with Crippen LogP contribution in [0.3, 0.4) is 0 Å².